The van der Waals surface area contributed by atoms with Gasteiger partial charge in [0.2, 0.25) is 5.91 Å². The zero-order chi connectivity index (χ0) is 20.7. The van der Waals surface area contributed by atoms with Gasteiger partial charge in [-0.3, -0.25) is 9.59 Å². The van der Waals surface area contributed by atoms with Gasteiger partial charge in [0.05, 0.1) is 12.1 Å². The number of hydrogen-bond acceptors (Lipinski definition) is 4. The molecule has 0 saturated carbocycles. The van der Waals surface area contributed by atoms with Gasteiger partial charge in [0.25, 0.3) is 5.91 Å². The van der Waals surface area contributed by atoms with Crippen molar-refractivity contribution in [1.82, 2.24) is 15.2 Å². The van der Waals surface area contributed by atoms with Crippen LogP contribution < -0.4 is 10.6 Å². The minimum absolute atomic E-state index is 0.00614. The van der Waals surface area contributed by atoms with Crippen molar-refractivity contribution in [1.29, 1.82) is 0 Å². The molecule has 2 amide bonds. The van der Waals surface area contributed by atoms with Gasteiger partial charge in [-0.2, -0.15) is 0 Å². The Morgan fingerprint density at radius 2 is 1.75 bits per heavy atom. The van der Waals surface area contributed by atoms with E-state index >= 15 is 0 Å². The molecule has 7 heteroatoms. The number of ether oxygens (including phenoxy) is 1. The quantitative estimate of drug-likeness (QED) is 0.680. The van der Waals surface area contributed by atoms with Gasteiger partial charge in [-0.15, -0.1) is 0 Å². The van der Waals surface area contributed by atoms with Crippen molar-refractivity contribution in [2.45, 2.75) is 40.3 Å². The van der Waals surface area contributed by atoms with E-state index in [1.54, 1.807) is 6.07 Å². The maximum Gasteiger partial charge on any atom is 0.340 e. The van der Waals surface area contributed by atoms with Crippen molar-refractivity contribution in [3.63, 3.8) is 0 Å². The van der Waals surface area contributed by atoms with E-state index in [1.807, 2.05) is 62.6 Å². The van der Waals surface area contributed by atoms with Gasteiger partial charge in [0.1, 0.15) is 0 Å². The van der Waals surface area contributed by atoms with Gasteiger partial charge in [0, 0.05) is 24.0 Å². The monoisotopic (exact) mass is 385 g/mol. The summed E-state index contributed by atoms with van der Waals surface area (Å²) in [6.45, 7) is 7.49. The minimum atomic E-state index is -0.561. The maximum absolute atomic E-state index is 12.4. The first kappa shape index (κ1) is 21.2. The summed E-state index contributed by atoms with van der Waals surface area (Å²) in [5, 5.41) is 5.09. The van der Waals surface area contributed by atoms with Crippen LogP contribution in [0.15, 0.2) is 36.4 Å². The summed E-state index contributed by atoms with van der Waals surface area (Å²) in [6, 6.07) is 11.7. The van der Waals surface area contributed by atoms with E-state index in [0.29, 0.717) is 12.1 Å². The van der Waals surface area contributed by atoms with Crippen molar-refractivity contribution in [3.8, 4) is 0 Å². The molecule has 0 atom stereocenters. The maximum atomic E-state index is 12.4. The average molecular weight is 385 g/mol. The van der Waals surface area contributed by atoms with Crippen LogP contribution in [0.2, 0.25) is 0 Å². The minimum Gasteiger partial charge on any atom is -0.452 e. The van der Waals surface area contributed by atoms with Crippen LogP contribution in [0.1, 0.15) is 41.2 Å². The van der Waals surface area contributed by atoms with Crippen molar-refractivity contribution in [2.75, 3.05) is 13.2 Å². The molecular weight excluding hydrogens is 358 g/mol. The van der Waals surface area contributed by atoms with E-state index in [4.69, 9.17) is 4.74 Å². The largest absolute Gasteiger partial charge is 0.452 e. The standard InChI is InChI=1S/C21H27N3O4/c1-14(2)23-19(25)11-22-20(26)13-28-21(27)18-10-15(3)24(16(18)4)12-17-8-6-5-7-9-17/h5-10,14H,11-13H2,1-4H3,(H,22,26)(H,23,25). The van der Waals surface area contributed by atoms with Crippen LogP contribution in [0.4, 0.5) is 0 Å². The topological polar surface area (TPSA) is 89.4 Å². The highest BCUT2D eigenvalue weighted by molar-refractivity contribution is 5.93. The molecule has 0 fully saturated rings. The molecular formula is C21H27N3O4. The lowest BCUT2D eigenvalue weighted by Crippen LogP contribution is -2.41. The molecule has 2 aromatic rings. The molecule has 0 aliphatic carbocycles. The second-order valence-electron chi connectivity index (χ2n) is 6.93. The molecule has 1 heterocycles. The molecule has 0 aliphatic rings. The van der Waals surface area contributed by atoms with Crippen molar-refractivity contribution < 1.29 is 19.1 Å². The highest BCUT2D eigenvalue weighted by atomic mass is 16.5. The third-order valence-electron chi connectivity index (χ3n) is 4.21. The summed E-state index contributed by atoms with van der Waals surface area (Å²) in [7, 11) is 0. The third kappa shape index (κ3) is 5.97. The van der Waals surface area contributed by atoms with E-state index in [1.165, 1.54) is 0 Å². The summed E-state index contributed by atoms with van der Waals surface area (Å²) >= 11 is 0. The molecule has 150 valence electrons. The van der Waals surface area contributed by atoms with Crippen LogP contribution in [0, 0.1) is 13.8 Å². The van der Waals surface area contributed by atoms with E-state index in [2.05, 4.69) is 10.6 Å². The Balaban J connectivity index is 1.91. The van der Waals surface area contributed by atoms with Crippen LogP contribution in [0.25, 0.3) is 0 Å². The number of aromatic nitrogens is 1. The van der Waals surface area contributed by atoms with E-state index in [0.717, 1.165) is 17.0 Å². The van der Waals surface area contributed by atoms with E-state index in [-0.39, 0.29) is 18.5 Å². The van der Waals surface area contributed by atoms with E-state index < -0.39 is 18.5 Å². The zero-order valence-corrected chi connectivity index (χ0v) is 16.7. The second-order valence-corrected chi connectivity index (χ2v) is 6.93. The van der Waals surface area contributed by atoms with Crippen LogP contribution in [-0.2, 0) is 20.9 Å². The van der Waals surface area contributed by atoms with E-state index in [9.17, 15) is 14.4 Å². The number of rotatable bonds is 8. The van der Waals surface area contributed by atoms with Crippen LogP contribution >= 0.6 is 0 Å². The fourth-order valence-corrected chi connectivity index (χ4v) is 2.83. The molecule has 2 N–H and O–H groups in total. The Hall–Kier alpha value is -3.09. The normalized spacial score (nSPS) is 10.6. The van der Waals surface area contributed by atoms with Crippen LogP contribution in [0.5, 0.6) is 0 Å². The lowest BCUT2D eigenvalue weighted by molar-refractivity contribution is -0.128. The van der Waals surface area contributed by atoms with Gasteiger partial charge >= 0.3 is 5.97 Å². The first-order valence-electron chi connectivity index (χ1n) is 9.21. The predicted octanol–water partition coefficient (Wildman–Crippen LogP) is 1.95. The number of hydrogen-bond donors (Lipinski definition) is 2. The summed E-state index contributed by atoms with van der Waals surface area (Å²) in [5.41, 5.74) is 3.27. The number of nitrogens with zero attached hydrogens (tertiary/aromatic N) is 1. The highest BCUT2D eigenvalue weighted by Gasteiger charge is 2.18. The molecule has 1 aromatic heterocycles. The van der Waals surface area contributed by atoms with Gasteiger partial charge in [-0.05, 0) is 39.3 Å². The number of carbonyl (C=O) groups excluding carboxylic acids is 3. The lowest BCUT2D eigenvalue weighted by atomic mass is 10.2. The molecule has 7 nitrogen and oxygen atoms in total. The Morgan fingerprint density at radius 1 is 1.07 bits per heavy atom. The fourth-order valence-electron chi connectivity index (χ4n) is 2.83. The molecule has 28 heavy (non-hydrogen) atoms. The smallest absolute Gasteiger partial charge is 0.340 e. The predicted molar refractivity (Wildman–Crippen MR) is 106 cm³/mol. The van der Waals surface area contributed by atoms with Crippen molar-refractivity contribution in [3.05, 3.63) is 58.9 Å². The first-order valence-corrected chi connectivity index (χ1v) is 9.21. The second kappa shape index (κ2) is 9.73. The van der Waals surface area contributed by atoms with Crippen LogP contribution in [-0.4, -0.2) is 41.5 Å². The molecule has 0 bridgehead atoms. The molecule has 1 aromatic carbocycles. The molecule has 0 spiro atoms. The number of benzene rings is 1. The lowest BCUT2D eigenvalue weighted by Gasteiger charge is -2.10. The summed E-state index contributed by atoms with van der Waals surface area (Å²) in [4.78, 5) is 35.7. The summed E-state index contributed by atoms with van der Waals surface area (Å²) in [5.74, 6) is -1.38. The number of amides is 2. The number of esters is 1. The first-order chi connectivity index (χ1) is 13.3. The third-order valence-corrected chi connectivity index (χ3v) is 4.21. The Bertz CT molecular complexity index is 841. The number of nitrogens with one attached hydrogen (secondary N) is 2. The highest BCUT2D eigenvalue weighted by Crippen LogP contribution is 2.18. The number of carbonyl (C=O) groups is 3. The Labute approximate surface area is 165 Å². The molecule has 0 saturated heterocycles. The van der Waals surface area contributed by atoms with Gasteiger partial charge in [0.15, 0.2) is 6.61 Å². The van der Waals surface area contributed by atoms with Gasteiger partial charge in [-0.25, -0.2) is 4.79 Å². The van der Waals surface area contributed by atoms with Gasteiger partial charge < -0.3 is 19.9 Å². The van der Waals surface area contributed by atoms with Crippen LogP contribution in [0.3, 0.4) is 0 Å². The van der Waals surface area contributed by atoms with Crippen molar-refractivity contribution >= 4 is 17.8 Å². The molecule has 2 rings (SSSR count). The Kier molecular flexibility index (Phi) is 7.37. The zero-order valence-electron chi connectivity index (χ0n) is 16.7. The number of aryl methyl sites for hydroxylation is 1. The molecule has 0 unspecified atom stereocenters. The fraction of sp³-hybridized carbons (Fsp3) is 0.381. The molecule has 0 aliphatic heterocycles. The van der Waals surface area contributed by atoms with Gasteiger partial charge in [-0.1, -0.05) is 30.3 Å². The summed E-state index contributed by atoms with van der Waals surface area (Å²) < 4.78 is 7.14. The molecule has 0 radical (unpaired) electrons. The van der Waals surface area contributed by atoms with Crippen molar-refractivity contribution in [2.24, 2.45) is 0 Å². The Morgan fingerprint density at radius 3 is 2.39 bits per heavy atom. The summed E-state index contributed by atoms with van der Waals surface area (Å²) in [6.07, 6.45) is 0. The SMILES string of the molecule is Cc1cc(C(=O)OCC(=O)NCC(=O)NC(C)C)c(C)n1Cc1ccccc1. The average Bonchev–Trinajstić information content (AvgIpc) is 2.93.